The Bertz CT molecular complexity index is 139. The first-order chi connectivity index (χ1) is 6.77. The SMILES string of the molecule is CCCCC(C)CC1CC1CCCC. The summed E-state index contributed by atoms with van der Waals surface area (Å²) in [6, 6.07) is 0. The Morgan fingerprint density at radius 2 is 1.79 bits per heavy atom. The van der Waals surface area contributed by atoms with Gasteiger partial charge in [-0.3, -0.25) is 0 Å². The lowest BCUT2D eigenvalue weighted by molar-refractivity contribution is 0.426. The van der Waals surface area contributed by atoms with E-state index >= 15 is 0 Å². The van der Waals surface area contributed by atoms with Gasteiger partial charge in [-0.25, -0.2) is 0 Å². The molecule has 3 atom stereocenters. The van der Waals surface area contributed by atoms with E-state index in [1.54, 1.807) is 6.42 Å². The zero-order valence-electron chi connectivity index (χ0n) is 10.4. The van der Waals surface area contributed by atoms with Crippen LogP contribution in [-0.2, 0) is 0 Å². The summed E-state index contributed by atoms with van der Waals surface area (Å²) in [4.78, 5) is 0. The molecule has 0 heterocycles. The van der Waals surface area contributed by atoms with Gasteiger partial charge >= 0.3 is 0 Å². The second kappa shape index (κ2) is 6.48. The maximum Gasteiger partial charge on any atom is -0.0380 e. The van der Waals surface area contributed by atoms with Crippen LogP contribution >= 0.6 is 0 Å². The van der Waals surface area contributed by atoms with Crippen LogP contribution in [0, 0.1) is 17.8 Å². The van der Waals surface area contributed by atoms with E-state index in [0.717, 1.165) is 17.8 Å². The van der Waals surface area contributed by atoms with Crippen LogP contribution in [0.4, 0.5) is 0 Å². The highest BCUT2D eigenvalue weighted by Gasteiger charge is 2.36. The molecular formula is C14H28. The monoisotopic (exact) mass is 196 g/mol. The summed E-state index contributed by atoms with van der Waals surface area (Å²) >= 11 is 0. The smallest absolute Gasteiger partial charge is 0.0380 e. The highest BCUT2D eigenvalue weighted by molar-refractivity contribution is 4.86. The molecule has 0 amide bonds. The van der Waals surface area contributed by atoms with E-state index in [9.17, 15) is 0 Å². The zero-order valence-corrected chi connectivity index (χ0v) is 10.4. The van der Waals surface area contributed by atoms with Gasteiger partial charge in [0.1, 0.15) is 0 Å². The third-order valence-corrected chi connectivity index (χ3v) is 3.75. The standard InChI is InChI=1S/C14H28/c1-4-6-8-12(3)10-14-11-13(14)9-7-5-2/h12-14H,4-11H2,1-3H3. The highest BCUT2D eigenvalue weighted by Crippen LogP contribution is 2.46. The van der Waals surface area contributed by atoms with Crippen molar-refractivity contribution in [2.45, 2.75) is 72.1 Å². The zero-order chi connectivity index (χ0) is 10.4. The van der Waals surface area contributed by atoms with E-state index < -0.39 is 0 Å². The lowest BCUT2D eigenvalue weighted by Crippen LogP contribution is -1.97. The van der Waals surface area contributed by atoms with Gasteiger partial charge in [-0.2, -0.15) is 0 Å². The van der Waals surface area contributed by atoms with Gasteiger partial charge in [0.05, 0.1) is 0 Å². The predicted octanol–water partition coefficient (Wildman–Crippen LogP) is 5.03. The van der Waals surface area contributed by atoms with Crippen molar-refractivity contribution in [3.8, 4) is 0 Å². The van der Waals surface area contributed by atoms with Crippen LogP contribution in [0.25, 0.3) is 0 Å². The Kier molecular flexibility index (Phi) is 5.59. The molecule has 1 rings (SSSR count). The molecule has 0 aromatic carbocycles. The number of rotatable bonds is 8. The minimum absolute atomic E-state index is 0.992. The first-order valence-corrected chi connectivity index (χ1v) is 6.77. The summed E-state index contributed by atoms with van der Waals surface area (Å²) in [5.41, 5.74) is 0. The minimum atomic E-state index is 0.992. The molecule has 0 bridgehead atoms. The molecule has 0 nitrogen and oxygen atoms in total. The van der Waals surface area contributed by atoms with Gasteiger partial charge < -0.3 is 0 Å². The lowest BCUT2D eigenvalue weighted by Gasteiger charge is -2.09. The van der Waals surface area contributed by atoms with Gasteiger partial charge in [0.15, 0.2) is 0 Å². The van der Waals surface area contributed by atoms with E-state index in [-0.39, 0.29) is 0 Å². The average molecular weight is 196 g/mol. The van der Waals surface area contributed by atoms with E-state index in [1.165, 1.54) is 44.9 Å². The molecule has 1 aliphatic carbocycles. The van der Waals surface area contributed by atoms with Gasteiger partial charge in [0.2, 0.25) is 0 Å². The molecule has 14 heavy (non-hydrogen) atoms. The molecule has 0 radical (unpaired) electrons. The molecule has 3 unspecified atom stereocenters. The molecule has 0 aromatic rings. The maximum absolute atomic E-state index is 2.45. The Morgan fingerprint density at radius 1 is 1.07 bits per heavy atom. The first kappa shape index (κ1) is 12.1. The van der Waals surface area contributed by atoms with Crippen LogP contribution in [0.3, 0.4) is 0 Å². The van der Waals surface area contributed by atoms with Crippen LogP contribution in [0.15, 0.2) is 0 Å². The van der Waals surface area contributed by atoms with Crippen LogP contribution in [0.1, 0.15) is 72.1 Å². The van der Waals surface area contributed by atoms with Crippen LogP contribution < -0.4 is 0 Å². The summed E-state index contributed by atoms with van der Waals surface area (Å²) in [5.74, 6) is 3.24. The largest absolute Gasteiger partial charge is 0.0654 e. The molecule has 1 fully saturated rings. The first-order valence-electron chi connectivity index (χ1n) is 6.77. The van der Waals surface area contributed by atoms with E-state index in [2.05, 4.69) is 20.8 Å². The molecular weight excluding hydrogens is 168 g/mol. The maximum atomic E-state index is 2.45. The molecule has 0 heteroatoms. The van der Waals surface area contributed by atoms with E-state index in [0.29, 0.717) is 0 Å². The fourth-order valence-corrected chi connectivity index (χ4v) is 2.61. The summed E-state index contributed by atoms with van der Waals surface area (Å²) in [7, 11) is 0. The van der Waals surface area contributed by atoms with Crippen molar-refractivity contribution in [1.29, 1.82) is 0 Å². The van der Waals surface area contributed by atoms with Gasteiger partial charge in [0, 0.05) is 0 Å². The fourth-order valence-electron chi connectivity index (χ4n) is 2.61. The Balaban J connectivity index is 1.98. The van der Waals surface area contributed by atoms with Crippen molar-refractivity contribution >= 4 is 0 Å². The van der Waals surface area contributed by atoms with Crippen LogP contribution in [-0.4, -0.2) is 0 Å². The second-order valence-corrected chi connectivity index (χ2v) is 5.38. The molecule has 0 spiro atoms. The third-order valence-electron chi connectivity index (χ3n) is 3.75. The van der Waals surface area contributed by atoms with Crippen molar-refractivity contribution < 1.29 is 0 Å². The van der Waals surface area contributed by atoms with E-state index in [4.69, 9.17) is 0 Å². The topological polar surface area (TPSA) is 0 Å². The van der Waals surface area contributed by atoms with E-state index in [1.807, 2.05) is 0 Å². The van der Waals surface area contributed by atoms with Gasteiger partial charge in [-0.05, 0) is 30.6 Å². The number of hydrogen-bond acceptors (Lipinski definition) is 0. The molecule has 0 aromatic heterocycles. The molecule has 0 saturated heterocycles. The number of unbranched alkanes of at least 4 members (excludes halogenated alkanes) is 2. The highest BCUT2D eigenvalue weighted by atomic mass is 14.4. The summed E-state index contributed by atoms with van der Waals surface area (Å²) < 4.78 is 0. The van der Waals surface area contributed by atoms with Gasteiger partial charge in [-0.15, -0.1) is 0 Å². The summed E-state index contributed by atoms with van der Waals surface area (Å²) in [6.07, 6.45) is 11.7. The number of hydrogen-bond donors (Lipinski definition) is 0. The lowest BCUT2D eigenvalue weighted by atomic mass is 9.97. The quantitative estimate of drug-likeness (QED) is 0.511. The Hall–Kier alpha value is 0. The van der Waals surface area contributed by atoms with Crippen molar-refractivity contribution in [2.24, 2.45) is 17.8 Å². The average Bonchev–Trinajstić information content (AvgIpc) is 2.90. The normalized spacial score (nSPS) is 27.6. The van der Waals surface area contributed by atoms with Crippen molar-refractivity contribution in [2.75, 3.05) is 0 Å². The van der Waals surface area contributed by atoms with Crippen molar-refractivity contribution in [3.63, 3.8) is 0 Å². The molecule has 1 aliphatic rings. The molecule has 0 aliphatic heterocycles. The third kappa shape index (κ3) is 4.48. The predicted molar refractivity (Wildman–Crippen MR) is 64.4 cm³/mol. The van der Waals surface area contributed by atoms with Gasteiger partial charge in [0.25, 0.3) is 0 Å². The summed E-state index contributed by atoms with van der Waals surface area (Å²) in [6.45, 7) is 7.06. The van der Waals surface area contributed by atoms with Crippen LogP contribution in [0.5, 0.6) is 0 Å². The molecule has 1 saturated carbocycles. The summed E-state index contributed by atoms with van der Waals surface area (Å²) in [5, 5.41) is 0. The van der Waals surface area contributed by atoms with Gasteiger partial charge in [-0.1, -0.05) is 59.3 Å². The molecule has 0 N–H and O–H groups in total. The fraction of sp³-hybridized carbons (Fsp3) is 1.00. The second-order valence-electron chi connectivity index (χ2n) is 5.38. The molecule has 84 valence electrons. The Morgan fingerprint density at radius 3 is 2.43 bits per heavy atom. The minimum Gasteiger partial charge on any atom is -0.0654 e. The van der Waals surface area contributed by atoms with Crippen molar-refractivity contribution in [3.05, 3.63) is 0 Å². The Labute approximate surface area is 90.5 Å². The van der Waals surface area contributed by atoms with Crippen LogP contribution in [0.2, 0.25) is 0 Å². The van der Waals surface area contributed by atoms with Crippen molar-refractivity contribution in [1.82, 2.24) is 0 Å².